The predicted molar refractivity (Wildman–Crippen MR) is 279 cm³/mol. The lowest BCUT2D eigenvalue weighted by molar-refractivity contribution is 0.00484. The summed E-state index contributed by atoms with van der Waals surface area (Å²) in [6, 6.07) is 18.8. The molecular weight excluding hydrogens is 865 g/mol. The van der Waals surface area contributed by atoms with Gasteiger partial charge in [0.25, 0.3) is 0 Å². The van der Waals surface area contributed by atoms with Crippen LogP contribution >= 0.6 is 0 Å². The van der Waals surface area contributed by atoms with Crippen molar-refractivity contribution in [3.63, 3.8) is 0 Å². The molecule has 0 aromatic heterocycles. The quantitative estimate of drug-likeness (QED) is 0.132. The number of fused-ring (bicyclic) bond motifs is 2. The Morgan fingerprint density at radius 2 is 0.609 bits per heavy atom. The summed E-state index contributed by atoms with van der Waals surface area (Å²) in [5, 5.41) is 19.7. The normalized spacial score (nSPS) is 15.8. The summed E-state index contributed by atoms with van der Waals surface area (Å²) in [5.41, 5.74) is 13.0. The number of aliphatic hydroxyl groups excluding tert-OH is 2. The molecule has 2 aliphatic rings. The van der Waals surface area contributed by atoms with Crippen molar-refractivity contribution in [2.75, 3.05) is 79.3 Å². The molecule has 4 aromatic rings. The number of hydrogen-bond acceptors (Lipinski definition) is 9. The van der Waals surface area contributed by atoms with Gasteiger partial charge in [-0.2, -0.15) is 0 Å². The fourth-order valence-electron chi connectivity index (χ4n) is 9.09. The number of hydrogen-bond donors (Lipinski definition) is 2. The van der Waals surface area contributed by atoms with Gasteiger partial charge in [-0.15, -0.1) is 0 Å². The summed E-state index contributed by atoms with van der Waals surface area (Å²) in [6.07, 6.45) is 5.06. The van der Waals surface area contributed by atoms with Crippen LogP contribution in [-0.2, 0) is 61.6 Å². The molecule has 1 heterocycles. The van der Waals surface area contributed by atoms with Crippen LogP contribution in [0.2, 0.25) is 0 Å². The molecule has 0 saturated heterocycles. The fraction of sp³-hybridized carbons (Fsp3) is 0.600. The third-order valence-corrected chi connectivity index (χ3v) is 13.2. The Morgan fingerprint density at radius 1 is 0.362 bits per heavy atom. The van der Waals surface area contributed by atoms with Gasteiger partial charge < -0.3 is 43.4 Å². The topological polar surface area (TPSA) is 105 Å². The fourth-order valence-corrected chi connectivity index (χ4v) is 9.09. The third-order valence-electron chi connectivity index (χ3n) is 13.2. The highest BCUT2D eigenvalue weighted by Crippen LogP contribution is 2.44. The zero-order chi connectivity index (χ0) is 50.0. The monoisotopic (exact) mass is 951 g/mol. The van der Waals surface area contributed by atoms with Crippen LogP contribution in [0.5, 0.6) is 23.0 Å². The number of rotatable bonds is 10. The molecule has 0 radical (unpaired) electrons. The zero-order valence-corrected chi connectivity index (χ0v) is 44.5. The molecule has 0 amide bonds. The van der Waals surface area contributed by atoms with Gasteiger partial charge in [-0.1, -0.05) is 132 Å². The molecule has 0 saturated carbocycles. The molecule has 0 spiro atoms. The smallest absolute Gasteiger partial charge is 0.126 e. The summed E-state index contributed by atoms with van der Waals surface area (Å²) in [5.74, 6) is 3.46. The molecule has 2 N–H and O–H groups in total. The third kappa shape index (κ3) is 15.0. The Bertz CT molecular complexity index is 2040. The average Bonchev–Trinajstić information content (AvgIpc) is 3.25. The zero-order valence-electron chi connectivity index (χ0n) is 44.5. The van der Waals surface area contributed by atoms with Crippen molar-refractivity contribution in [2.45, 2.75) is 156 Å². The SMILES string of the molecule is CC(C)(C)c1cc2c(OCCCCO)c(c1)Cc1cc(C(C)(C)C)cc3c1OCCOCCOCCOCCOc1c(cc(C(C)(C)C)cc1Cc1cc(C(C)(C)C)cc(c1OCCCCO)C3)C2. The van der Waals surface area contributed by atoms with Gasteiger partial charge in [-0.05, 0) is 114 Å². The van der Waals surface area contributed by atoms with Crippen LogP contribution in [0.4, 0.5) is 0 Å². The van der Waals surface area contributed by atoms with Crippen LogP contribution in [0, 0.1) is 0 Å². The predicted octanol–water partition coefficient (Wildman–Crippen LogP) is 11.7. The van der Waals surface area contributed by atoms with E-state index >= 15 is 0 Å². The van der Waals surface area contributed by atoms with Crippen LogP contribution in [0.1, 0.15) is 176 Å². The second-order valence-electron chi connectivity index (χ2n) is 23.3. The Kier molecular flexibility index (Phi) is 18.8. The molecule has 69 heavy (non-hydrogen) atoms. The second-order valence-corrected chi connectivity index (χ2v) is 23.3. The van der Waals surface area contributed by atoms with Crippen molar-refractivity contribution in [3.8, 4) is 23.0 Å². The molecule has 380 valence electrons. The maximum absolute atomic E-state index is 9.84. The number of ether oxygens (including phenoxy) is 7. The van der Waals surface area contributed by atoms with Gasteiger partial charge in [0.15, 0.2) is 0 Å². The molecule has 9 heteroatoms. The van der Waals surface area contributed by atoms with Gasteiger partial charge in [-0.25, -0.2) is 0 Å². The Morgan fingerprint density at radius 3 is 0.855 bits per heavy atom. The van der Waals surface area contributed by atoms with Gasteiger partial charge in [0.05, 0.1) is 52.9 Å². The van der Waals surface area contributed by atoms with Crippen molar-refractivity contribution in [3.05, 3.63) is 115 Å². The number of benzene rings is 4. The maximum atomic E-state index is 9.84. The Hall–Kier alpha value is -4.12. The molecular formula is C60H86O9. The van der Waals surface area contributed by atoms with Crippen LogP contribution in [-0.4, -0.2) is 89.5 Å². The second kappa shape index (κ2) is 23.9. The first-order chi connectivity index (χ1) is 32.7. The standard InChI is InChI=1S/C60H86O9/c1-57(2,3)49-33-41-29-45-37-51(59(7,8)9)39-47-31-43-35-50(58(4,5)6)36-44(54(43)67-20-16-14-18-62)32-48-40-52(60(10,11)12)38-46(30-42(34-49)53(41)66-19-15-13-17-61)56(48)69-28-26-65-24-22-63-21-23-64-25-27-68-55(45)47/h33-40,61-62H,13-32H2,1-12H3. The Labute approximate surface area is 415 Å². The Balaban J connectivity index is 1.77. The van der Waals surface area contributed by atoms with Crippen LogP contribution in [0.15, 0.2) is 48.5 Å². The lowest BCUT2D eigenvalue weighted by Gasteiger charge is -2.29. The summed E-state index contributed by atoms with van der Waals surface area (Å²) in [4.78, 5) is 0. The largest absolute Gasteiger partial charge is 0.493 e. The van der Waals surface area contributed by atoms with Crippen LogP contribution in [0.25, 0.3) is 0 Å². The minimum Gasteiger partial charge on any atom is -0.493 e. The van der Waals surface area contributed by atoms with Crippen LogP contribution in [0.3, 0.4) is 0 Å². The molecule has 1 aliphatic heterocycles. The highest BCUT2D eigenvalue weighted by Gasteiger charge is 2.29. The first-order valence-electron chi connectivity index (χ1n) is 25.8. The summed E-state index contributed by atoms with van der Waals surface area (Å²) >= 11 is 0. The highest BCUT2D eigenvalue weighted by molar-refractivity contribution is 5.60. The highest BCUT2D eigenvalue weighted by atomic mass is 16.6. The van der Waals surface area contributed by atoms with Crippen molar-refractivity contribution >= 4 is 0 Å². The van der Waals surface area contributed by atoms with Gasteiger partial charge in [0.2, 0.25) is 0 Å². The number of unbranched alkanes of at least 4 members (excludes halogenated alkanes) is 2. The molecule has 1 aliphatic carbocycles. The van der Waals surface area contributed by atoms with E-state index in [2.05, 4.69) is 132 Å². The molecule has 0 atom stereocenters. The lowest BCUT2D eigenvalue weighted by atomic mass is 9.79. The van der Waals surface area contributed by atoms with Gasteiger partial charge in [-0.3, -0.25) is 0 Å². The summed E-state index contributed by atoms with van der Waals surface area (Å²) in [6.45, 7) is 31.9. The van der Waals surface area contributed by atoms with Gasteiger partial charge >= 0.3 is 0 Å². The average molecular weight is 951 g/mol. The van der Waals surface area contributed by atoms with Crippen molar-refractivity contribution in [1.82, 2.24) is 0 Å². The molecule has 0 fully saturated rings. The van der Waals surface area contributed by atoms with E-state index < -0.39 is 0 Å². The van der Waals surface area contributed by atoms with Gasteiger partial charge in [0.1, 0.15) is 36.2 Å². The van der Waals surface area contributed by atoms with E-state index in [9.17, 15) is 10.2 Å². The molecule has 4 aromatic carbocycles. The van der Waals surface area contributed by atoms with E-state index in [1.165, 1.54) is 22.3 Å². The van der Waals surface area contributed by atoms with Crippen molar-refractivity contribution in [2.24, 2.45) is 0 Å². The van der Waals surface area contributed by atoms with Crippen LogP contribution < -0.4 is 18.9 Å². The molecule has 9 nitrogen and oxygen atoms in total. The van der Waals surface area contributed by atoms with Crippen molar-refractivity contribution < 1.29 is 43.4 Å². The first kappa shape index (κ1) is 54.2. The van der Waals surface area contributed by atoms with E-state index in [4.69, 9.17) is 33.2 Å². The van der Waals surface area contributed by atoms with E-state index in [1.807, 2.05) is 0 Å². The minimum atomic E-state index is -0.173. The minimum absolute atomic E-state index is 0.118. The molecule has 6 rings (SSSR count). The van der Waals surface area contributed by atoms with Gasteiger partial charge in [0, 0.05) is 38.9 Å². The molecule has 0 unspecified atom stereocenters. The van der Waals surface area contributed by atoms with E-state index in [1.54, 1.807) is 0 Å². The van der Waals surface area contributed by atoms with E-state index in [-0.39, 0.29) is 34.9 Å². The first-order valence-corrected chi connectivity index (χ1v) is 25.8. The van der Waals surface area contributed by atoms with Crippen molar-refractivity contribution in [1.29, 1.82) is 0 Å². The maximum Gasteiger partial charge on any atom is 0.126 e. The lowest BCUT2D eigenvalue weighted by Crippen LogP contribution is -2.19. The van der Waals surface area contributed by atoms with E-state index in [0.29, 0.717) is 105 Å². The number of aliphatic hydroxyl groups is 2. The summed E-state index contributed by atoms with van der Waals surface area (Å²) in [7, 11) is 0. The summed E-state index contributed by atoms with van der Waals surface area (Å²) < 4.78 is 46.2. The molecule has 10 bridgehead atoms. The van der Waals surface area contributed by atoms with E-state index in [0.717, 1.165) is 80.3 Å².